The number of nitrogens with one attached hydrogen (secondary N) is 1. The molecule has 32 heavy (non-hydrogen) atoms. The number of ether oxygens (including phenoxy) is 3. The number of carbonyl (C=O) groups is 1. The van der Waals surface area contributed by atoms with Crippen LogP contribution in [0.4, 0.5) is 11.4 Å². The highest BCUT2D eigenvalue weighted by Gasteiger charge is 2.37. The molecule has 0 aliphatic carbocycles. The molecule has 1 heterocycles. The van der Waals surface area contributed by atoms with Gasteiger partial charge < -0.3 is 18.6 Å². The lowest BCUT2D eigenvalue weighted by Crippen LogP contribution is -2.26. The van der Waals surface area contributed by atoms with Gasteiger partial charge in [-0.05, 0) is 35.5 Å². The maximum Gasteiger partial charge on any atom is 0.374 e. The monoisotopic (exact) mass is 440 g/mol. The molecule has 0 aliphatic heterocycles. The van der Waals surface area contributed by atoms with Crippen molar-refractivity contribution in [2.75, 3.05) is 19.7 Å². The van der Waals surface area contributed by atoms with Gasteiger partial charge in [0.2, 0.25) is 5.76 Å². The van der Waals surface area contributed by atoms with E-state index >= 15 is 0 Å². The second-order valence-electron chi connectivity index (χ2n) is 7.57. The molecule has 0 saturated carbocycles. The molecule has 0 spiro atoms. The zero-order valence-corrected chi connectivity index (χ0v) is 18.2. The van der Waals surface area contributed by atoms with Gasteiger partial charge in [0.05, 0.1) is 36.9 Å². The van der Waals surface area contributed by atoms with Crippen molar-refractivity contribution >= 4 is 28.1 Å². The molecule has 1 unspecified atom stereocenters. The second kappa shape index (κ2) is 9.11. The molecule has 168 valence electrons. The molecule has 0 aliphatic rings. The fourth-order valence-corrected chi connectivity index (χ4v) is 3.53. The van der Waals surface area contributed by atoms with Gasteiger partial charge in [0.25, 0.3) is 0 Å². The summed E-state index contributed by atoms with van der Waals surface area (Å²) in [4.78, 5) is 24.4. The third kappa shape index (κ3) is 3.90. The normalized spacial score (nSPS) is 12.2. The van der Waals surface area contributed by atoms with Gasteiger partial charge in [-0.15, -0.1) is 11.5 Å². The van der Waals surface area contributed by atoms with Gasteiger partial charge >= 0.3 is 5.97 Å². The molecule has 1 atom stereocenters. The summed E-state index contributed by atoms with van der Waals surface area (Å²) in [7, 11) is 2.86. The molecule has 0 amide bonds. The molecule has 3 rings (SSSR count). The van der Waals surface area contributed by atoms with E-state index in [1.54, 1.807) is 18.2 Å². The molecule has 9 heteroatoms. The number of anilines is 1. The predicted octanol–water partition coefficient (Wildman–Crippen LogP) is 5.76. The van der Waals surface area contributed by atoms with E-state index < -0.39 is 17.5 Å². The molecule has 2 N–H and O–H groups in total. The van der Waals surface area contributed by atoms with Crippen LogP contribution in [0.5, 0.6) is 11.5 Å². The van der Waals surface area contributed by atoms with Gasteiger partial charge in [-0.2, -0.15) is 0 Å². The maximum atomic E-state index is 12.8. The number of methoxy groups -OCH3 is 2. The van der Waals surface area contributed by atoms with Crippen LogP contribution in [0.15, 0.2) is 58.8 Å². The van der Waals surface area contributed by atoms with Gasteiger partial charge in [0.15, 0.2) is 0 Å². The quantitative estimate of drug-likeness (QED) is 0.186. The van der Waals surface area contributed by atoms with E-state index in [1.807, 2.05) is 13.8 Å². The molecule has 0 radical (unpaired) electrons. The van der Waals surface area contributed by atoms with Crippen molar-refractivity contribution in [1.29, 1.82) is 0 Å². The van der Waals surface area contributed by atoms with Crippen molar-refractivity contribution in [3.63, 3.8) is 0 Å². The highest BCUT2D eigenvalue weighted by Crippen LogP contribution is 2.51. The molecule has 1 aromatic heterocycles. The first kappa shape index (κ1) is 22.8. The summed E-state index contributed by atoms with van der Waals surface area (Å²) < 4.78 is 22.2. The zero-order chi connectivity index (χ0) is 23.5. The van der Waals surface area contributed by atoms with Gasteiger partial charge in [-0.3, -0.25) is 10.7 Å². The Bertz CT molecular complexity index is 1150. The number of furan rings is 1. The van der Waals surface area contributed by atoms with Crippen molar-refractivity contribution in [2.24, 2.45) is 10.6 Å². The van der Waals surface area contributed by atoms with E-state index in [0.717, 1.165) is 0 Å². The SMILES string of the molecule is C=CC(C)(C)C(OC(=O)c1ccco1)c1cc(OC)c2c(NO)ccc(N=O)c2c1OC. The minimum atomic E-state index is -0.906. The summed E-state index contributed by atoms with van der Waals surface area (Å²) in [6, 6.07) is 7.62. The summed E-state index contributed by atoms with van der Waals surface area (Å²) >= 11 is 0. The van der Waals surface area contributed by atoms with Crippen LogP contribution < -0.4 is 15.0 Å². The summed E-state index contributed by atoms with van der Waals surface area (Å²) in [5.41, 5.74) is 2.08. The molecule has 0 saturated heterocycles. The van der Waals surface area contributed by atoms with Gasteiger partial charge in [-0.25, -0.2) is 4.79 Å². The Morgan fingerprint density at radius 2 is 2.00 bits per heavy atom. The van der Waals surface area contributed by atoms with E-state index in [1.165, 1.54) is 38.7 Å². The van der Waals surface area contributed by atoms with Crippen LogP contribution in [0.1, 0.15) is 36.1 Å². The Balaban J connectivity index is 2.35. The van der Waals surface area contributed by atoms with Crippen LogP contribution in [-0.2, 0) is 4.74 Å². The number of nitrogens with zero attached hydrogens (tertiary/aromatic N) is 1. The van der Waals surface area contributed by atoms with Crippen molar-refractivity contribution in [3.05, 3.63) is 65.5 Å². The number of fused-ring (bicyclic) bond motifs is 1. The van der Waals surface area contributed by atoms with E-state index in [-0.39, 0.29) is 28.3 Å². The van der Waals surface area contributed by atoms with Gasteiger partial charge in [0, 0.05) is 11.0 Å². The third-order valence-corrected chi connectivity index (χ3v) is 5.28. The van der Waals surface area contributed by atoms with Crippen LogP contribution in [0.2, 0.25) is 0 Å². The highest BCUT2D eigenvalue weighted by atomic mass is 16.6. The molecular weight excluding hydrogens is 416 g/mol. The fourth-order valence-electron chi connectivity index (χ4n) is 3.53. The van der Waals surface area contributed by atoms with Crippen molar-refractivity contribution in [1.82, 2.24) is 0 Å². The highest BCUT2D eigenvalue weighted by molar-refractivity contribution is 6.08. The first-order chi connectivity index (χ1) is 15.3. The Morgan fingerprint density at radius 3 is 2.53 bits per heavy atom. The average molecular weight is 440 g/mol. The molecule has 2 aromatic carbocycles. The Hall–Kier alpha value is -3.85. The van der Waals surface area contributed by atoms with Gasteiger partial charge in [-0.1, -0.05) is 19.9 Å². The Labute approximate surface area is 184 Å². The standard InChI is InChI=1S/C23H24N2O7/c1-6-23(2,3)21(32-22(26)16-8-7-11-31-16)13-12-17(29-4)18-14(24-27)9-10-15(25-28)19(18)20(13)30-5/h6-12,21,24,27H,1H2,2-5H3. The predicted molar refractivity (Wildman–Crippen MR) is 119 cm³/mol. The summed E-state index contributed by atoms with van der Waals surface area (Å²) in [5, 5.41) is 13.4. The van der Waals surface area contributed by atoms with E-state index in [2.05, 4.69) is 17.2 Å². The first-order valence-electron chi connectivity index (χ1n) is 9.66. The van der Waals surface area contributed by atoms with Crippen LogP contribution in [-0.4, -0.2) is 25.4 Å². The average Bonchev–Trinajstić information content (AvgIpc) is 3.35. The Morgan fingerprint density at radius 1 is 1.25 bits per heavy atom. The smallest absolute Gasteiger partial charge is 0.374 e. The van der Waals surface area contributed by atoms with Crippen molar-refractivity contribution < 1.29 is 28.6 Å². The number of hydrogen-bond donors (Lipinski definition) is 2. The second-order valence-corrected chi connectivity index (χ2v) is 7.57. The number of esters is 1. The fraction of sp³-hybridized carbons (Fsp3) is 0.261. The van der Waals surface area contributed by atoms with Crippen molar-refractivity contribution in [2.45, 2.75) is 20.0 Å². The largest absolute Gasteiger partial charge is 0.496 e. The molecule has 3 aromatic rings. The van der Waals surface area contributed by atoms with Crippen molar-refractivity contribution in [3.8, 4) is 11.5 Å². The topological polar surface area (TPSA) is 120 Å². The molecule has 0 bridgehead atoms. The summed E-state index contributed by atoms with van der Waals surface area (Å²) in [5.74, 6) is -0.115. The third-order valence-electron chi connectivity index (χ3n) is 5.28. The minimum Gasteiger partial charge on any atom is -0.496 e. The zero-order valence-electron chi connectivity index (χ0n) is 18.2. The van der Waals surface area contributed by atoms with E-state index in [0.29, 0.717) is 16.7 Å². The summed E-state index contributed by atoms with van der Waals surface area (Å²) in [6.45, 7) is 7.54. The maximum absolute atomic E-state index is 12.8. The Kier molecular flexibility index (Phi) is 6.50. The lowest BCUT2D eigenvalue weighted by atomic mass is 9.81. The van der Waals surface area contributed by atoms with E-state index in [4.69, 9.17) is 18.6 Å². The lowest BCUT2D eigenvalue weighted by molar-refractivity contribution is -0.000306. The minimum absolute atomic E-state index is 0.0311. The number of hydrogen-bond acceptors (Lipinski definition) is 9. The molecule has 0 fully saturated rings. The molecular formula is C23H24N2O7. The van der Waals surface area contributed by atoms with E-state index in [9.17, 15) is 14.9 Å². The number of nitroso groups, excluding NO2 is 1. The summed E-state index contributed by atoms with van der Waals surface area (Å²) in [6.07, 6.45) is 2.11. The van der Waals surface area contributed by atoms with Crippen LogP contribution in [0.25, 0.3) is 10.8 Å². The van der Waals surface area contributed by atoms with Crippen LogP contribution in [0.3, 0.4) is 0 Å². The lowest BCUT2D eigenvalue weighted by Gasteiger charge is -2.33. The van der Waals surface area contributed by atoms with Gasteiger partial charge in [0.1, 0.15) is 23.3 Å². The first-order valence-corrected chi connectivity index (χ1v) is 9.66. The van der Waals surface area contributed by atoms with Crippen LogP contribution in [0, 0.1) is 10.3 Å². The van der Waals surface area contributed by atoms with Crippen LogP contribution >= 0.6 is 0 Å². The molecule has 9 nitrogen and oxygen atoms in total. The number of benzene rings is 2. The number of rotatable bonds is 9. The number of carbonyl (C=O) groups excluding carboxylic acids is 1.